The van der Waals surface area contributed by atoms with Crippen molar-refractivity contribution in [2.75, 3.05) is 10.6 Å². The van der Waals surface area contributed by atoms with Crippen LogP contribution in [0.15, 0.2) is 54.9 Å². The van der Waals surface area contributed by atoms with Crippen LogP contribution in [0.3, 0.4) is 0 Å². The van der Waals surface area contributed by atoms with Crippen LogP contribution in [0.2, 0.25) is 5.02 Å². The number of hydrogen-bond donors (Lipinski definition) is 2. The number of amides is 1. The molecule has 0 aliphatic carbocycles. The maximum Gasteiger partial charge on any atom is 0.274 e. The summed E-state index contributed by atoms with van der Waals surface area (Å²) >= 11 is 6.26. The number of nitrogens with one attached hydrogen (secondary N) is 2. The molecule has 5 nitrogen and oxygen atoms in total. The largest absolute Gasteiger partial charge is 0.379 e. The summed E-state index contributed by atoms with van der Waals surface area (Å²) in [6, 6.07) is 13.0. The van der Waals surface area contributed by atoms with E-state index in [1.54, 1.807) is 18.5 Å². The van der Waals surface area contributed by atoms with Crippen molar-refractivity contribution in [1.29, 1.82) is 0 Å². The summed E-state index contributed by atoms with van der Waals surface area (Å²) < 4.78 is 0. The number of pyridine rings is 2. The topological polar surface area (TPSA) is 66.9 Å². The van der Waals surface area contributed by atoms with E-state index < -0.39 is 0 Å². The van der Waals surface area contributed by atoms with E-state index in [9.17, 15) is 4.79 Å². The molecule has 0 bridgehead atoms. The number of rotatable bonds is 5. The van der Waals surface area contributed by atoms with Crippen LogP contribution < -0.4 is 10.6 Å². The van der Waals surface area contributed by atoms with Gasteiger partial charge in [-0.1, -0.05) is 23.7 Å². The summed E-state index contributed by atoms with van der Waals surface area (Å²) in [6.07, 6.45) is 3.34. The van der Waals surface area contributed by atoms with Crippen molar-refractivity contribution in [3.8, 4) is 0 Å². The van der Waals surface area contributed by atoms with Gasteiger partial charge in [-0.25, -0.2) is 0 Å². The van der Waals surface area contributed by atoms with Crippen LogP contribution in [0.4, 0.5) is 11.4 Å². The van der Waals surface area contributed by atoms with Gasteiger partial charge < -0.3 is 10.6 Å². The molecule has 1 aromatic carbocycles. The second kappa shape index (κ2) is 7.97. The Kier molecular flexibility index (Phi) is 5.49. The fourth-order valence-corrected chi connectivity index (χ4v) is 2.98. The monoisotopic (exact) mass is 366 g/mol. The van der Waals surface area contributed by atoms with Crippen LogP contribution in [0.25, 0.3) is 0 Å². The van der Waals surface area contributed by atoms with E-state index in [1.165, 1.54) is 0 Å². The zero-order valence-corrected chi connectivity index (χ0v) is 15.3. The van der Waals surface area contributed by atoms with E-state index >= 15 is 0 Å². The van der Waals surface area contributed by atoms with E-state index in [0.717, 1.165) is 22.5 Å². The van der Waals surface area contributed by atoms with Crippen LogP contribution in [-0.4, -0.2) is 15.9 Å². The van der Waals surface area contributed by atoms with Crippen molar-refractivity contribution in [1.82, 2.24) is 9.97 Å². The van der Waals surface area contributed by atoms with Gasteiger partial charge in [-0.15, -0.1) is 0 Å². The van der Waals surface area contributed by atoms with E-state index in [-0.39, 0.29) is 5.91 Å². The molecule has 2 heterocycles. The Morgan fingerprint density at radius 3 is 2.65 bits per heavy atom. The third kappa shape index (κ3) is 4.37. The van der Waals surface area contributed by atoms with E-state index in [1.807, 2.05) is 50.2 Å². The molecule has 26 heavy (non-hydrogen) atoms. The quantitative estimate of drug-likeness (QED) is 0.691. The number of carbonyl (C=O) groups is 1. The summed E-state index contributed by atoms with van der Waals surface area (Å²) in [6.45, 7) is 4.43. The van der Waals surface area contributed by atoms with Crippen molar-refractivity contribution in [2.45, 2.75) is 20.4 Å². The van der Waals surface area contributed by atoms with E-state index in [4.69, 9.17) is 11.6 Å². The molecule has 1 amide bonds. The van der Waals surface area contributed by atoms with Gasteiger partial charge in [-0.2, -0.15) is 0 Å². The average Bonchev–Trinajstić information content (AvgIpc) is 2.64. The molecule has 2 aromatic heterocycles. The Morgan fingerprint density at radius 2 is 1.92 bits per heavy atom. The molecule has 3 rings (SSSR count). The predicted molar refractivity (Wildman–Crippen MR) is 105 cm³/mol. The molecule has 2 N–H and O–H groups in total. The van der Waals surface area contributed by atoms with Crippen molar-refractivity contribution in [3.05, 3.63) is 82.4 Å². The minimum Gasteiger partial charge on any atom is -0.379 e. The molecule has 0 aliphatic heterocycles. The number of halogens is 1. The third-order valence-corrected chi connectivity index (χ3v) is 4.16. The summed E-state index contributed by atoms with van der Waals surface area (Å²) in [7, 11) is 0. The van der Waals surface area contributed by atoms with Gasteiger partial charge in [0.25, 0.3) is 5.91 Å². The highest BCUT2D eigenvalue weighted by Crippen LogP contribution is 2.27. The lowest BCUT2D eigenvalue weighted by Crippen LogP contribution is -2.15. The SMILES string of the molecule is Cc1cc(C)c(NC(=O)c2cc(NCc3ccccn3)ccn2)c(Cl)c1. The van der Waals surface area contributed by atoms with Gasteiger partial charge in [0.2, 0.25) is 0 Å². The molecule has 0 aliphatic rings. The van der Waals surface area contributed by atoms with Gasteiger partial charge in [-0.05, 0) is 55.3 Å². The fourth-order valence-electron chi connectivity index (χ4n) is 2.61. The molecule has 0 unspecified atom stereocenters. The van der Waals surface area contributed by atoms with Crippen LogP contribution in [0, 0.1) is 13.8 Å². The fraction of sp³-hybridized carbons (Fsp3) is 0.150. The first-order valence-corrected chi connectivity index (χ1v) is 8.58. The summed E-state index contributed by atoms with van der Waals surface area (Å²) in [5, 5.41) is 6.61. The van der Waals surface area contributed by atoms with Gasteiger partial charge in [0.1, 0.15) is 5.69 Å². The second-order valence-electron chi connectivity index (χ2n) is 6.00. The number of nitrogens with zero attached hydrogens (tertiary/aromatic N) is 2. The highest BCUT2D eigenvalue weighted by molar-refractivity contribution is 6.34. The van der Waals surface area contributed by atoms with E-state index in [0.29, 0.717) is 22.9 Å². The lowest BCUT2D eigenvalue weighted by Gasteiger charge is -2.12. The lowest BCUT2D eigenvalue weighted by molar-refractivity contribution is 0.102. The Labute approximate surface area is 157 Å². The predicted octanol–water partition coefficient (Wildman–Crippen LogP) is 4.61. The molecule has 0 atom stereocenters. The molecule has 132 valence electrons. The van der Waals surface area contributed by atoms with Crippen molar-refractivity contribution >= 4 is 28.9 Å². The van der Waals surface area contributed by atoms with Gasteiger partial charge in [0, 0.05) is 18.1 Å². The third-order valence-electron chi connectivity index (χ3n) is 3.86. The minimum atomic E-state index is -0.305. The molecule has 0 saturated heterocycles. The lowest BCUT2D eigenvalue weighted by atomic mass is 10.1. The first kappa shape index (κ1) is 17.9. The Bertz CT molecular complexity index is 905. The highest BCUT2D eigenvalue weighted by atomic mass is 35.5. The standard InChI is InChI=1S/C20H19ClN4O/c1-13-9-14(2)19(17(21)10-13)25-20(26)18-11-15(6-8-23-18)24-12-16-5-3-4-7-22-16/h3-11H,12H2,1-2H3,(H,23,24)(H,25,26). The maximum atomic E-state index is 12.6. The van der Waals surface area contributed by atoms with Crippen molar-refractivity contribution in [2.24, 2.45) is 0 Å². The molecule has 0 fully saturated rings. The van der Waals surface area contributed by atoms with Crippen LogP contribution >= 0.6 is 11.6 Å². The number of aromatic nitrogens is 2. The van der Waals surface area contributed by atoms with E-state index in [2.05, 4.69) is 20.6 Å². The van der Waals surface area contributed by atoms with Gasteiger partial charge in [0.05, 0.1) is 22.9 Å². The maximum absolute atomic E-state index is 12.6. The number of hydrogen-bond acceptors (Lipinski definition) is 4. The van der Waals surface area contributed by atoms with Crippen LogP contribution in [-0.2, 0) is 6.54 Å². The summed E-state index contributed by atoms with van der Waals surface area (Å²) in [4.78, 5) is 21.0. The zero-order chi connectivity index (χ0) is 18.5. The average molecular weight is 367 g/mol. The van der Waals surface area contributed by atoms with Gasteiger partial charge in [-0.3, -0.25) is 14.8 Å². The minimum absolute atomic E-state index is 0.305. The first-order valence-electron chi connectivity index (χ1n) is 8.21. The second-order valence-corrected chi connectivity index (χ2v) is 6.40. The van der Waals surface area contributed by atoms with Gasteiger partial charge in [0.15, 0.2) is 0 Å². The molecular weight excluding hydrogens is 348 g/mol. The molecule has 0 radical (unpaired) electrons. The number of anilines is 2. The van der Waals surface area contributed by atoms with Crippen molar-refractivity contribution in [3.63, 3.8) is 0 Å². The summed E-state index contributed by atoms with van der Waals surface area (Å²) in [5.74, 6) is -0.305. The zero-order valence-electron chi connectivity index (χ0n) is 14.6. The van der Waals surface area contributed by atoms with Gasteiger partial charge >= 0.3 is 0 Å². The van der Waals surface area contributed by atoms with Crippen LogP contribution in [0.1, 0.15) is 27.3 Å². The smallest absolute Gasteiger partial charge is 0.274 e. The molecule has 6 heteroatoms. The van der Waals surface area contributed by atoms with Crippen LogP contribution in [0.5, 0.6) is 0 Å². The normalized spacial score (nSPS) is 10.4. The number of aryl methyl sites for hydroxylation is 2. The number of carbonyl (C=O) groups excluding carboxylic acids is 1. The Balaban J connectivity index is 1.72. The Morgan fingerprint density at radius 1 is 1.08 bits per heavy atom. The molecule has 0 spiro atoms. The molecular formula is C20H19ClN4O. The highest BCUT2D eigenvalue weighted by Gasteiger charge is 2.13. The molecule has 3 aromatic rings. The summed E-state index contributed by atoms with van der Waals surface area (Å²) in [5.41, 5.74) is 4.58. The Hall–Kier alpha value is -2.92. The number of benzene rings is 1. The first-order chi connectivity index (χ1) is 12.5. The molecule has 0 saturated carbocycles. The van der Waals surface area contributed by atoms with Crippen molar-refractivity contribution < 1.29 is 4.79 Å².